The Morgan fingerprint density at radius 1 is 1.36 bits per heavy atom. The van der Waals surface area contributed by atoms with E-state index in [0.29, 0.717) is 30.7 Å². The number of ether oxygens (including phenoxy) is 1. The van der Waals surface area contributed by atoms with Gasteiger partial charge in [0.1, 0.15) is 11.8 Å². The van der Waals surface area contributed by atoms with Gasteiger partial charge in [-0.1, -0.05) is 13.8 Å². The molecule has 1 N–H and O–H groups in total. The first-order valence-corrected chi connectivity index (χ1v) is 8.15. The largest absolute Gasteiger partial charge is 0.467 e. The van der Waals surface area contributed by atoms with Crippen molar-refractivity contribution in [2.45, 2.75) is 26.8 Å². The van der Waals surface area contributed by atoms with Crippen LogP contribution < -0.4 is 5.32 Å². The van der Waals surface area contributed by atoms with Crippen LogP contribution in [0.15, 0.2) is 35.1 Å². The summed E-state index contributed by atoms with van der Waals surface area (Å²) >= 11 is 0. The first-order chi connectivity index (χ1) is 12.0. The van der Waals surface area contributed by atoms with Crippen LogP contribution in [0.2, 0.25) is 0 Å². The molecule has 3 aromatic rings. The Bertz CT molecular complexity index is 841. The van der Waals surface area contributed by atoms with Crippen molar-refractivity contribution in [1.29, 1.82) is 0 Å². The van der Waals surface area contributed by atoms with Crippen molar-refractivity contribution in [3.8, 4) is 0 Å². The molecule has 0 fully saturated rings. The Labute approximate surface area is 145 Å². The van der Waals surface area contributed by atoms with E-state index in [1.54, 1.807) is 30.7 Å². The van der Waals surface area contributed by atoms with Gasteiger partial charge in [-0.05, 0) is 31.0 Å². The fraction of sp³-hybridized carbons (Fsp3) is 0.412. The second kappa shape index (κ2) is 7.43. The molecule has 1 atom stereocenters. The second-order valence-electron chi connectivity index (χ2n) is 6.21. The first-order valence-electron chi connectivity index (χ1n) is 8.15. The molecule has 0 aliphatic heterocycles. The topological polar surface area (TPSA) is 94.5 Å². The number of rotatable bonds is 7. The monoisotopic (exact) mass is 343 g/mol. The lowest BCUT2D eigenvalue weighted by atomic mass is 10.2. The van der Waals surface area contributed by atoms with Gasteiger partial charge in [0, 0.05) is 18.5 Å². The summed E-state index contributed by atoms with van der Waals surface area (Å²) < 4.78 is 12.6. The number of aromatic nitrogens is 4. The van der Waals surface area contributed by atoms with E-state index in [0.717, 1.165) is 5.69 Å². The molecule has 3 heterocycles. The maximum Gasteiger partial charge on any atom is 0.291 e. The summed E-state index contributed by atoms with van der Waals surface area (Å²) in [7, 11) is 0. The summed E-state index contributed by atoms with van der Waals surface area (Å²) in [5.41, 5.74) is 0.847. The number of aryl methyl sites for hydroxylation is 1. The molecule has 1 amide bonds. The number of carbonyl (C=O) groups is 1. The molecule has 8 heteroatoms. The lowest BCUT2D eigenvalue weighted by Gasteiger charge is -2.16. The normalized spacial score (nSPS) is 12.6. The molecule has 0 aliphatic carbocycles. The molecular formula is C17H21N5O3. The van der Waals surface area contributed by atoms with Crippen molar-refractivity contribution in [2.24, 2.45) is 5.92 Å². The number of nitrogens with one attached hydrogen (secondary N) is 1. The Hall–Kier alpha value is -2.74. The average molecular weight is 343 g/mol. The number of fused-ring (bicyclic) bond motifs is 1. The maximum atomic E-state index is 12.6. The number of furan rings is 1. The van der Waals surface area contributed by atoms with Crippen molar-refractivity contribution < 1.29 is 13.9 Å². The van der Waals surface area contributed by atoms with Crippen LogP contribution in [0.4, 0.5) is 0 Å². The smallest absolute Gasteiger partial charge is 0.291 e. The van der Waals surface area contributed by atoms with E-state index in [1.807, 2.05) is 6.92 Å². The fourth-order valence-electron chi connectivity index (χ4n) is 2.33. The molecule has 3 rings (SSSR count). The lowest BCUT2D eigenvalue weighted by Crippen LogP contribution is -2.32. The highest BCUT2D eigenvalue weighted by molar-refractivity contribution is 5.91. The summed E-state index contributed by atoms with van der Waals surface area (Å²) in [4.78, 5) is 20.8. The second-order valence-corrected chi connectivity index (χ2v) is 6.21. The van der Waals surface area contributed by atoms with E-state index in [2.05, 4.69) is 34.2 Å². The van der Waals surface area contributed by atoms with Crippen LogP contribution in [0.3, 0.4) is 0 Å². The minimum absolute atomic E-state index is 0.0576. The zero-order valence-corrected chi connectivity index (χ0v) is 14.5. The number of carbonyl (C=O) groups excluding carboxylic acids is 1. The Kier molecular flexibility index (Phi) is 5.08. The number of amides is 1. The highest BCUT2D eigenvalue weighted by Gasteiger charge is 2.22. The highest BCUT2D eigenvalue weighted by atomic mass is 16.5. The van der Waals surface area contributed by atoms with Gasteiger partial charge in [-0.3, -0.25) is 4.79 Å². The van der Waals surface area contributed by atoms with Gasteiger partial charge in [0.15, 0.2) is 0 Å². The van der Waals surface area contributed by atoms with Crippen LogP contribution in [0.25, 0.3) is 5.78 Å². The summed E-state index contributed by atoms with van der Waals surface area (Å²) in [6, 6.07) is 4.95. The quantitative estimate of drug-likeness (QED) is 0.706. The van der Waals surface area contributed by atoms with Crippen LogP contribution in [-0.4, -0.2) is 38.7 Å². The molecule has 8 nitrogen and oxygen atoms in total. The molecule has 25 heavy (non-hydrogen) atoms. The highest BCUT2D eigenvalue weighted by Crippen LogP contribution is 2.15. The van der Waals surface area contributed by atoms with Gasteiger partial charge >= 0.3 is 0 Å². The van der Waals surface area contributed by atoms with Crippen LogP contribution in [0.5, 0.6) is 0 Å². The number of hydrogen-bond acceptors (Lipinski definition) is 6. The molecule has 0 saturated heterocycles. The van der Waals surface area contributed by atoms with Crippen molar-refractivity contribution >= 4 is 11.7 Å². The third-order valence-corrected chi connectivity index (χ3v) is 3.56. The number of nitrogens with zero attached hydrogens (tertiary/aromatic N) is 4. The maximum absolute atomic E-state index is 12.6. The molecule has 0 spiro atoms. The zero-order chi connectivity index (χ0) is 17.8. The summed E-state index contributed by atoms with van der Waals surface area (Å²) in [6.07, 6.45) is 3.19. The zero-order valence-electron chi connectivity index (χ0n) is 14.5. The van der Waals surface area contributed by atoms with E-state index < -0.39 is 11.9 Å². The Morgan fingerprint density at radius 2 is 2.20 bits per heavy atom. The molecule has 3 aromatic heterocycles. The number of hydrogen-bond donors (Lipinski definition) is 1. The molecule has 0 bridgehead atoms. The van der Waals surface area contributed by atoms with E-state index in [4.69, 9.17) is 9.15 Å². The van der Waals surface area contributed by atoms with Crippen molar-refractivity contribution in [1.82, 2.24) is 24.9 Å². The fourth-order valence-corrected chi connectivity index (χ4v) is 2.33. The van der Waals surface area contributed by atoms with E-state index >= 15 is 0 Å². The van der Waals surface area contributed by atoms with Gasteiger partial charge in [-0.2, -0.15) is 4.98 Å². The Morgan fingerprint density at radius 3 is 2.88 bits per heavy atom. The van der Waals surface area contributed by atoms with Crippen LogP contribution in [-0.2, 0) is 4.74 Å². The molecular weight excluding hydrogens is 322 g/mol. The van der Waals surface area contributed by atoms with E-state index in [9.17, 15) is 4.79 Å². The first kappa shape index (κ1) is 17.1. The lowest BCUT2D eigenvalue weighted by molar-refractivity contribution is 0.0724. The van der Waals surface area contributed by atoms with Gasteiger partial charge in [-0.25, -0.2) is 9.50 Å². The van der Waals surface area contributed by atoms with Crippen LogP contribution in [0.1, 0.15) is 42.0 Å². The third kappa shape index (κ3) is 4.03. The molecule has 0 aliphatic rings. The SMILES string of the molecule is Cc1ccnc2nc(C(=O)N[C@@H](COCC(C)C)c3ccco3)nn12. The summed E-state index contributed by atoms with van der Waals surface area (Å²) in [5.74, 6) is 1.06. The van der Waals surface area contributed by atoms with Crippen molar-refractivity contribution in [3.63, 3.8) is 0 Å². The summed E-state index contributed by atoms with van der Waals surface area (Å²) in [6.45, 7) is 6.91. The third-order valence-electron chi connectivity index (χ3n) is 3.56. The van der Waals surface area contributed by atoms with Gasteiger partial charge in [-0.15, -0.1) is 5.10 Å². The van der Waals surface area contributed by atoms with E-state index in [-0.39, 0.29) is 5.82 Å². The molecule has 0 aromatic carbocycles. The minimum atomic E-state index is -0.415. The predicted molar refractivity (Wildman–Crippen MR) is 90.1 cm³/mol. The van der Waals surface area contributed by atoms with Gasteiger partial charge in [0.2, 0.25) is 5.82 Å². The van der Waals surface area contributed by atoms with Crippen LogP contribution in [0, 0.1) is 12.8 Å². The molecule has 132 valence electrons. The van der Waals surface area contributed by atoms with E-state index in [1.165, 1.54) is 4.52 Å². The van der Waals surface area contributed by atoms with Crippen molar-refractivity contribution in [3.05, 3.63) is 47.9 Å². The minimum Gasteiger partial charge on any atom is -0.467 e. The summed E-state index contributed by atoms with van der Waals surface area (Å²) in [5, 5.41) is 7.08. The van der Waals surface area contributed by atoms with Gasteiger partial charge < -0.3 is 14.5 Å². The standard InChI is InChI=1S/C17H21N5O3/c1-11(2)9-24-10-13(14-5-4-8-25-14)19-16(23)15-20-17-18-7-6-12(3)22(17)21-15/h4-8,11,13H,9-10H2,1-3H3,(H,19,23)/t13-/m0/s1. The van der Waals surface area contributed by atoms with Crippen LogP contribution >= 0.6 is 0 Å². The molecule has 0 unspecified atom stereocenters. The molecule has 0 radical (unpaired) electrons. The van der Waals surface area contributed by atoms with Gasteiger partial charge in [0.25, 0.3) is 11.7 Å². The van der Waals surface area contributed by atoms with Gasteiger partial charge in [0.05, 0.1) is 12.9 Å². The molecule has 0 saturated carbocycles. The van der Waals surface area contributed by atoms with Crippen molar-refractivity contribution in [2.75, 3.05) is 13.2 Å². The Balaban J connectivity index is 1.75. The predicted octanol–water partition coefficient (Wildman–Crippen LogP) is 2.17. The average Bonchev–Trinajstić information content (AvgIpc) is 3.23.